The maximum absolute atomic E-state index is 12.5. The molecular formula is C17H17NO5S. The minimum Gasteiger partial charge on any atom is -0.496 e. The van der Waals surface area contributed by atoms with E-state index in [1.165, 1.54) is 24.8 Å². The number of carbonyl (C=O) groups is 1. The molecule has 0 atom stereocenters. The highest BCUT2D eigenvalue weighted by Crippen LogP contribution is 2.29. The van der Waals surface area contributed by atoms with Crippen LogP contribution in [0.4, 0.5) is 0 Å². The largest absolute Gasteiger partial charge is 0.496 e. The number of hydrogen-bond donors (Lipinski definition) is 1. The lowest BCUT2D eigenvalue weighted by atomic mass is 10.1. The average Bonchev–Trinajstić information content (AvgIpc) is 3.01. The lowest BCUT2D eigenvalue weighted by molar-refractivity contribution is 0.0997. The monoisotopic (exact) mass is 347 g/mol. The first kappa shape index (κ1) is 16.3. The molecule has 3 rings (SSSR count). The Morgan fingerprint density at radius 3 is 2.54 bits per heavy atom. The van der Waals surface area contributed by atoms with Gasteiger partial charge in [-0.3, -0.25) is 4.79 Å². The van der Waals surface area contributed by atoms with E-state index < -0.39 is 16.0 Å². The molecule has 0 radical (unpaired) electrons. The average molecular weight is 347 g/mol. The van der Waals surface area contributed by atoms with Crippen LogP contribution in [-0.2, 0) is 23.0 Å². The van der Waals surface area contributed by atoms with Gasteiger partial charge in [0.15, 0.2) is 0 Å². The molecule has 7 heteroatoms. The van der Waals surface area contributed by atoms with E-state index in [2.05, 4.69) is 0 Å². The van der Waals surface area contributed by atoms with Crippen LogP contribution in [0.15, 0.2) is 41.3 Å². The molecule has 0 fully saturated rings. The Morgan fingerprint density at radius 2 is 1.83 bits per heavy atom. The van der Waals surface area contributed by atoms with E-state index in [-0.39, 0.29) is 22.0 Å². The first-order chi connectivity index (χ1) is 11.4. The van der Waals surface area contributed by atoms with E-state index in [0.717, 1.165) is 30.9 Å². The molecule has 0 unspecified atom stereocenters. The number of carbonyl (C=O) groups excluding carboxylic acids is 1. The molecule has 2 N–H and O–H groups in total. The number of nitrogens with two attached hydrogens (primary N) is 1. The van der Waals surface area contributed by atoms with Crippen LogP contribution in [0, 0.1) is 0 Å². The van der Waals surface area contributed by atoms with Crippen molar-refractivity contribution in [3.8, 4) is 11.5 Å². The zero-order chi connectivity index (χ0) is 17.3. The topological polar surface area (TPSA) is 95.7 Å². The number of ether oxygens (including phenoxy) is 1. The number of rotatable bonds is 5. The normalized spacial score (nSPS) is 13.4. The summed E-state index contributed by atoms with van der Waals surface area (Å²) in [5, 5.41) is 0. The van der Waals surface area contributed by atoms with Crippen LogP contribution < -0.4 is 14.7 Å². The Morgan fingerprint density at radius 1 is 1.08 bits per heavy atom. The van der Waals surface area contributed by atoms with Crippen molar-refractivity contribution in [3.63, 3.8) is 0 Å². The Hall–Kier alpha value is -2.54. The molecule has 1 aliphatic rings. The van der Waals surface area contributed by atoms with E-state index in [1.807, 2.05) is 6.07 Å². The summed E-state index contributed by atoms with van der Waals surface area (Å²) in [7, 11) is -2.70. The predicted molar refractivity (Wildman–Crippen MR) is 87.8 cm³/mol. The molecular weight excluding hydrogens is 330 g/mol. The number of benzene rings is 2. The van der Waals surface area contributed by atoms with Gasteiger partial charge in [-0.15, -0.1) is 0 Å². The predicted octanol–water partition coefficient (Wildman–Crippen LogP) is 2.05. The SMILES string of the molecule is COc1ccc(S(=O)(=O)Oc2ccc3c(c2)CCC3)cc1C(N)=O. The van der Waals surface area contributed by atoms with Crippen molar-refractivity contribution in [1.29, 1.82) is 0 Å². The summed E-state index contributed by atoms with van der Waals surface area (Å²) in [5.41, 5.74) is 7.57. The van der Waals surface area contributed by atoms with Gasteiger partial charge >= 0.3 is 10.1 Å². The van der Waals surface area contributed by atoms with Crippen LogP contribution in [-0.4, -0.2) is 21.4 Å². The van der Waals surface area contributed by atoms with Gasteiger partial charge < -0.3 is 14.7 Å². The summed E-state index contributed by atoms with van der Waals surface area (Å²) in [6.45, 7) is 0. The minimum atomic E-state index is -4.08. The zero-order valence-corrected chi connectivity index (χ0v) is 13.9. The van der Waals surface area contributed by atoms with Crippen LogP contribution in [0.1, 0.15) is 27.9 Å². The van der Waals surface area contributed by atoms with Gasteiger partial charge in [-0.25, -0.2) is 0 Å². The van der Waals surface area contributed by atoms with Gasteiger partial charge in [-0.2, -0.15) is 8.42 Å². The van der Waals surface area contributed by atoms with Crippen LogP contribution in [0.2, 0.25) is 0 Å². The summed E-state index contributed by atoms with van der Waals surface area (Å²) in [6, 6.07) is 9.12. The van der Waals surface area contributed by atoms with Crippen molar-refractivity contribution < 1.29 is 22.1 Å². The molecule has 0 saturated carbocycles. The minimum absolute atomic E-state index is 0.0175. The van der Waals surface area contributed by atoms with Gasteiger partial charge in [0, 0.05) is 0 Å². The number of aryl methyl sites for hydroxylation is 2. The fraction of sp³-hybridized carbons (Fsp3) is 0.235. The molecule has 1 amide bonds. The van der Waals surface area contributed by atoms with Crippen molar-refractivity contribution in [3.05, 3.63) is 53.1 Å². The van der Waals surface area contributed by atoms with Crippen molar-refractivity contribution in [2.75, 3.05) is 7.11 Å². The maximum atomic E-state index is 12.5. The van der Waals surface area contributed by atoms with Gasteiger partial charge in [0.2, 0.25) is 0 Å². The van der Waals surface area contributed by atoms with E-state index >= 15 is 0 Å². The molecule has 126 valence electrons. The number of hydrogen-bond acceptors (Lipinski definition) is 5. The van der Waals surface area contributed by atoms with Crippen LogP contribution in [0.3, 0.4) is 0 Å². The number of amides is 1. The summed E-state index contributed by atoms with van der Waals surface area (Å²) >= 11 is 0. The van der Waals surface area contributed by atoms with E-state index in [9.17, 15) is 13.2 Å². The second kappa shape index (κ2) is 6.16. The van der Waals surface area contributed by atoms with Crippen molar-refractivity contribution in [1.82, 2.24) is 0 Å². The van der Waals surface area contributed by atoms with E-state index in [0.29, 0.717) is 0 Å². The summed E-state index contributed by atoms with van der Waals surface area (Å²) in [4.78, 5) is 11.3. The van der Waals surface area contributed by atoms with Crippen LogP contribution >= 0.6 is 0 Å². The van der Waals surface area contributed by atoms with E-state index in [1.54, 1.807) is 12.1 Å². The third kappa shape index (κ3) is 3.07. The third-order valence-corrected chi connectivity index (χ3v) is 5.24. The molecule has 24 heavy (non-hydrogen) atoms. The highest BCUT2D eigenvalue weighted by molar-refractivity contribution is 7.87. The first-order valence-electron chi connectivity index (χ1n) is 7.45. The Labute approximate surface area is 140 Å². The highest BCUT2D eigenvalue weighted by atomic mass is 32.2. The quantitative estimate of drug-likeness (QED) is 0.835. The summed E-state index contributed by atoms with van der Waals surface area (Å²) in [5.74, 6) is -0.312. The Kier molecular flexibility index (Phi) is 4.19. The lowest BCUT2D eigenvalue weighted by Gasteiger charge is -2.11. The van der Waals surface area contributed by atoms with Crippen molar-refractivity contribution in [2.24, 2.45) is 5.73 Å². The molecule has 2 aromatic rings. The lowest BCUT2D eigenvalue weighted by Crippen LogP contribution is -2.15. The Bertz CT molecular complexity index is 905. The molecule has 0 aliphatic heterocycles. The molecule has 0 aromatic heterocycles. The third-order valence-electron chi connectivity index (χ3n) is 4.00. The zero-order valence-electron chi connectivity index (χ0n) is 13.1. The van der Waals surface area contributed by atoms with Crippen molar-refractivity contribution >= 4 is 16.0 Å². The standard InChI is InChI=1S/C17H17NO5S/c1-22-16-8-7-14(10-15(16)17(18)19)24(20,21)23-13-6-5-11-3-2-4-12(11)9-13/h5-10H,2-4H2,1H3,(H2,18,19). The molecule has 0 heterocycles. The first-order valence-corrected chi connectivity index (χ1v) is 8.85. The fourth-order valence-corrected chi connectivity index (χ4v) is 3.76. The molecule has 0 bridgehead atoms. The van der Waals surface area contributed by atoms with Gasteiger partial charge in [0.1, 0.15) is 16.4 Å². The molecule has 2 aromatic carbocycles. The number of primary amides is 1. The van der Waals surface area contributed by atoms with Gasteiger partial charge in [-0.1, -0.05) is 6.07 Å². The van der Waals surface area contributed by atoms with Gasteiger partial charge in [0.05, 0.1) is 12.7 Å². The Balaban J connectivity index is 1.93. The number of methoxy groups -OCH3 is 1. The second-order valence-electron chi connectivity index (χ2n) is 5.55. The van der Waals surface area contributed by atoms with Crippen LogP contribution in [0.5, 0.6) is 11.5 Å². The summed E-state index contributed by atoms with van der Waals surface area (Å²) < 4.78 is 35.1. The highest BCUT2D eigenvalue weighted by Gasteiger charge is 2.21. The smallest absolute Gasteiger partial charge is 0.339 e. The van der Waals surface area contributed by atoms with Gasteiger partial charge in [0.25, 0.3) is 5.91 Å². The van der Waals surface area contributed by atoms with Crippen molar-refractivity contribution in [2.45, 2.75) is 24.2 Å². The van der Waals surface area contributed by atoms with Crippen LogP contribution in [0.25, 0.3) is 0 Å². The molecule has 0 saturated heterocycles. The maximum Gasteiger partial charge on any atom is 0.339 e. The molecule has 0 spiro atoms. The summed E-state index contributed by atoms with van der Waals surface area (Å²) in [6.07, 6.45) is 2.98. The van der Waals surface area contributed by atoms with E-state index in [4.69, 9.17) is 14.7 Å². The second-order valence-corrected chi connectivity index (χ2v) is 7.09. The molecule has 6 nitrogen and oxygen atoms in total. The fourth-order valence-electron chi connectivity index (χ4n) is 2.81. The number of fused-ring (bicyclic) bond motifs is 1. The molecule has 1 aliphatic carbocycles. The van der Waals surface area contributed by atoms with Gasteiger partial charge in [-0.05, 0) is 60.7 Å².